The molecule has 3 unspecified atom stereocenters. The first kappa shape index (κ1) is 37.5. The third kappa shape index (κ3) is 10.3. The number of rotatable bonds is 12. The second kappa shape index (κ2) is 15.8. The van der Waals surface area contributed by atoms with Crippen LogP contribution in [0.3, 0.4) is 0 Å². The predicted molar refractivity (Wildman–Crippen MR) is 170 cm³/mol. The molecule has 2 aromatic rings. The summed E-state index contributed by atoms with van der Waals surface area (Å²) in [5.41, 5.74) is 6.03. The average molecular weight is 691 g/mol. The second-order valence-corrected chi connectivity index (χ2v) is 13.2. The Balaban J connectivity index is 1.90. The minimum absolute atomic E-state index is 0.0992. The number of halogens is 6. The maximum Gasteiger partial charge on any atom is 0.471 e. The maximum atomic E-state index is 14.1. The lowest BCUT2D eigenvalue weighted by Crippen LogP contribution is -2.63. The van der Waals surface area contributed by atoms with E-state index >= 15 is 0 Å². The number of nitrogens with one attached hydrogen (secondary N) is 1. The number of benzene rings is 2. The van der Waals surface area contributed by atoms with E-state index in [1.807, 2.05) is 11.8 Å². The first-order valence-corrected chi connectivity index (χ1v) is 15.8. The Morgan fingerprint density at radius 1 is 1.07 bits per heavy atom. The Bertz CT molecular complexity index is 1370. The summed E-state index contributed by atoms with van der Waals surface area (Å²) in [6, 6.07) is 8.61. The van der Waals surface area contributed by atoms with Gasteiger partial charge in [-0.2, -0.15) is 13.2 Å². The van der Waals surface area contributed by atoms with Crippen molar-refractivity contribution in [1.29, 1.82) is 0 Å². The van der Waals surface area contributed by atoms with E-state index in [4.69, 9.17) is 28.9 Å². The largest absolute Gasteiger partial charge is 0.471 e. The van der Waals surface area contributed by atoms with Crippen molar-refractivity contribution in [3.8, 4) is 0 Å². The molecule has 0 saturated carbocycles. The third-order valence-corrected chi connectivity index (χ3v) is 8.61. The van der Waals surface area contributed by atoms with Gasteiger partial charge < -0.3 is 20.9 Å². The van der Waals surface area contributed by atoms with Crippen LogP contribution in [0.25, 0.3) is 0 Å². The van der Waals surface area contributed by atoms with Crippen molar-refractivity contribution in [2.75, 3.05) is 33.2 Å². The summed E-state index contributed by atoms with van der Waals surface area (Å²) in [5, 5.41) is 3.53. The van der Waals surface area contributed by atoms with Crippen molar-refractivity contribution >= 4 is 40.9 Å². The van der Waals surface area contributed by atoms with E-state index in [9.17, 15) is 31.9 Å². The van der Waals surface area contributed by atoms with Crippen molar-refractivity contribution in [3.63, 3.8) is 0 Å². The van der Waals surface area contributed by atoms with Gasteiger partial charge in [-0.1, -0.05) is 54.7 Å². The van der Waals surface area contributed by atoms with Gasteiger partial charge in [-0.05, 0) is 62.1 Å². The highest BCUT2D eigenvalue weighted by Gasteiger charge is 2.43. The Morgan fingerprint density at radius 2 is 1.72 bits per heavy atom. The molecule has 0 aromatic heterocycles. The SMILES string of the molecule is CCCC1CN(C(Cc2ccc(Cl)cc2Cl)CN(C)C(=O)C(F)(F)F)CCN1C(=O)C(Cc1ccc(F)cc1)NC(=O)C(C)(C)N. The summed E-state index contributed by atoms with van der Waals surface area (Å²) in [4.78, 5) is 43.4. The number of piperazine rings is 1. The summed E-state index contributed by atoms with van der Waals surface area (Å²) >= 11 is 12.5. The molecule has 14 heteroatoms. The standard InChI is InChI=1S/C32H41Cl2F4N5O3/c1-5-6-24-19-42(25(18-41(4)30(46)32(36,37)38)16-21-9-10-22(33)17-26(21)34)13-14-43(24)28(44)27(40-29(45)31(2,3)39)15-20-7-11-23(35)12-8-20/h7-12,17,24-25,27H,5-6,13-16,18-19,39H2,1-4H3,(H,40,45). The quantitative estimate of drug-likeness (QED) is 0.311. The van der Waals surface area contributed by atoms with Crippen molar-refractivity contribution in [2.24, 2.45) is 5.73 Å². The first-order chi connectivity index (χ1) is 21.4. The molecule has 1 saturated heterocycles. The Labute approximate surface area is 277 Å². The van der Waals surface area contributed by atoms with Gasteiger partial charge in [0.1, 0.15) is 11.9 Å². The van der Waals surface area contributed by atoms with Crippen molar-refractivity contribution < 1.29 is 31.9 Å². The number of hydrogen-bond donors (Lipinski definition) is 2. The van der Waals surface area contributed by atoms with Gasteiger partial charge in [0.25, 0.3) is 0 Å². The van der Waals surface area contributed by atoms with E-state index in [1.165, 1.54) is 26.0 Å². The molecule has 2 aromatic carbocycles. The zero-order chi connectivity index (χ0) is 34.4. The van der Waals surface area contributed by atoms with Crippen LogP contribution in [-0.2, 0) is 27.2 Å². The molecule has 1 heterocycles. The summed E-state index contributed by atoms with van der Waals surface area (Å²) < 4.78 is 53.5. The average Bonchev–Trinajstić information content (AvgIpc) is 2.97. The molecule has 3 rings (SSSR count). The van der Waals surface area contributed by atoms with Crippen molar-refractivity contribution in [2.45, 2.75) is 76.3 Å². The summed E-state index contributed by atoms with van der Waals surface area (Å²) in [5.74, 6) is -3.27. The van der Waals surface area contributed by atoms with E-state index in [-0.39, 0.29) is 44.4 Å². The van der Waals surface area contributed by atoms with E-state index in [0.29, 0.717) is 45.5 Å². The normalized spacial score (nSPS) is 17.4. The second-order valence-electron chi connectivity index (χ2n) is 12.3. The molecule has 0 spiro atoms. The van der Waals surface area contributed by atoms with Gasteiger partial charge in [0, 0.05) is 61.8 Å². The van der Waals surface area contributed by atoms with Gasteiger partial charge in [0.2, 0.25) is 11.8 Å². The summed E-state index contributed by atoms with van der Waals surface area (Å²) in [6.45, 7) is 5.57. The van der Waals surface area contributed by atoms with Crippen LogP contribution in [0.1, 0.15) is 44.7 Å². The topological polar surface area (TPSA) is 99.0 Å². The van der Waals surface area contributed by atoms with Crippen LogP contribution < -0.4 is 11.1 Å². The zero-order valence-electron chi connectivity index (χ0n) is 26.3. The highest BCUT2D eigenvalue weighted by Crippen LogP contribution is 2.27. The van der Waals surface area contributed by atoms with Crippen LogP contribution in [0, 0.1) is 5.82 Å². The first-order valence-electron chi connectivity index (χ1n) is 15.1. The Morgan fingerprint density at radius 3 is 2.28 bits per heavy atom. The molecule has 254 valence electrons. The fraction of sp³-hybridized carbons (Fsp3) is 0.531. The molecule has 0 aliphatic carbocycles. The van der Waals surface area contributed by atoms with Gasteiger partial charge in [-0.3, -0.25) is 19.3 Å². The van der Waals surface area contributed by atoms with Crippen LogP contribution in [-0.4, -0.2) is 95.5 Å². The lowest BCUT2D eigenvalue weighted by molar-refractivity contribution is -0.184. The summed E-state index contributed by atoms with van der Waals surface area (Å²) in [6.07, 6.45) is -3.43. The van der Waals surface area contributed by atoms with E-state index < -0.39 is 41.4 Å². The van der Waals surface area contributed by atoms with Gasteiger partial charge >= 0.3 is 12.1 Å². The lowest BCUT2D eigenvalue weighted by Gasteiger charge is -2.46. The smallest absolute Gasteiger partial charge is 0.342 e. The molecule has 0 radical (unpaired) electrons. The number of nitrogens with zero attached hydrogens (tertiary/aromatic N) is 3. The lowest BCUT2D eigenvalue weighted by atomic mass is 9.97. The number of alkyl halides is 3. The molecule has 1 fully saturated rings. The molecular weight excluding hydrogens is 649 g/mol. The molecule has 3 amide bonds. The van der Waals surface area contributed by atoms with Gasteiger partial charge in [0.05, 0.1) is 5.54 Å². The summed E-state index contributed by atoms with van der Waals surface area (Å²) in [7, 11) is 1.11. The highest BCUT2D eigenvalue weighted by molar-refractivity contribution is 6.35. The van der Waals surface area contributed by atoms with Crippen molar-refractivity contribution in [1.82, 2.24) is 20.0 Å². The zero-order valence-corrected chi connectivity index (χ0v) is 27.9. The molecule has 0 bridgehead atoms. The minimum atomic E-state index is -5.03. The Kier molecular flexibility index (Phi) is 12.9. The van der Waals surface area contributed by atoms with E-state index in [0.717, 1.165) is 7.05 Å². The third-order valence-electron chi connectivity index (χ3n) is 8.02. The molecule has 1 aliphatic rings. The molecular formula is C32H41Cl2F4N5O3. The van der Waals surface area contributed by atoms with Crippen LogP contribution in [0.15, 0.2) is 42.5 Å². The molecule has 3 atom stereocenters. The maximum absolute atomic E-state index is 14.1. The van der Waals surface area contributed by atoms with Gasteiger partial charge in [-0.25, -0.2) is 4.39 Å². The van der Waals surface area contributed by atoms with E-state index in [2.05, 4.69) is 5.32 Å². The Hall–Kier alpha value is -2.93. The number of carbonyl (C=O) groups is 3. The van der Waals surface area contributed by atoms with E-state index in [1.54, 1.807) is 35.2 Å². The fourth-order valence-corrected chi connectivity index (χ4v) is 6.03. The monoisotopic (exact) mass is 689 g/mol. The van der Waals surface area contributed by atoms with Gasteiger partial charge in [-0.15, -0.1) is 0 Å². The van der Waals surface area contributed by atoms with Gasteiger partial charge in [0.15, 0.2) is 0 Å². The number of carbonyl (C=O) groups excluding carboxylic acids is 3. The molecule has 46 heavy (non-hydrogen) atoms. The minimum Gasteiger partial charge on any atom is -0.342 e. The fourth-order valence-electron chi connectivity index (χ4n) is 5.55. The number of likely N-dealkylation sites (N-methyl/N-ethyl adjacent to an activating group) is 1. The molecule has 8 nitrogen and oxygen atoms in total. The number of hydrogen-bond acceptors (Lipinski definition) is 5. The number of nitrogens with two attached hydrogens (primary N) is 1. The van der Waals surface area contributed by atoms with Crippen LogP contribution in [0.2, 0.25) is 10.0 Å². The highest BCUT2D eigenvalue weighted by atomic mass is 35.5. The van der Waals surface area contributed by atoms with Crippen LogP contribution in [0.5, 0.6) is 0 Å². The van der Waals surface area contributed by atoms with Crippen molar-refractivity contribution in [3.05, 3.63) is 69.5 Å². The van der Waals surface area contributed by atoms with Crippen LogP contribution in [0.4, 0.5) is 17.6 Å². The molecule has 3 N–H and O–H groups in total. The number of amides is 3. The van der Waals surface area contributed by atoms with Crippen LogP contribution >= 0.6 is 23.2 Å². The predicted octanol–water partition coefficient (Wildman–Crippen LogP) is 4.84. The molecule has 1 aliphatic heterocycles.